The first-order valence-electron chi connectivity index (χ1n) is 8.43. The van der Waals surface area contributed by atoms with Crippen LogP contribution in [0.1, 0.15) is 66.7 Å². The molecule has 0 spiro atoms. The topological polar surface area (TPSA) is 32.3 Å². The van der Waals surface area contributed by atoms with Gasteiger partial charge >= 0.3 is 0 Å². The predicted molar refractivity (Wildman–Crippen MR) is 81.2 cm³/mol. The van der Waals surface area contributed by atoms with Crippen LogP contribution in [0.25, 0.3) is 0 Å². The van der Waals surface area contributed by atoms with Crippen LogP contribution in [-0.4, -0.2) is 29.1 Å². The van der Waals surface area contributed by atoms with E-state index in [1.165, 1.54) is 19.3 Å². The van der Waals surface area contributed by atoms with Crippen molar-refractivity contribution in [1.82, 2.24) is 10.2 Å². The van der Waals surface area contributed by atoms with Gasteiger partial charge in [0, 0.05) is 6.04 Å². The van der Waals surface area contributed by atoms with Crippen molar-refractivity contribution in [2.75, 3.05) is 0 Å². The third-order valence-electron chi connectivity index (χ3n) is 6.55. The Kier molecular flexibility index (Phi) is 3.20. The van der Waals surface area contributed by atoms with Crippen molar-refractivity contribution < 1.29 is 4.79 Å². The van der Waals surface area contributed by atoms with Crippen LogP contribution in [0.4, 0.5) is 0 Å². The summed E-state index contributed by atoms with van der Waals surface area (Å²) in [7, 11) is 0. The van der Waals surface area contributed by atoms with E-state index in [9.17, 15) is 4.79 Å². The van der Waals surface area contributed by atoms with Crippen LogP contribution in [-0.2, 0) is 4.79 Å². The molecule has 3 nitrogen and oxygen atoms in total. The van der Waals surface area contributed by atoms with Crippen LogP contribution in [0, 0.1) is 16.7 Å². The van der Waals surface area contributed by atoms with E-state index in [0.717, 1.165) is 18.8 Å². The minimum atomic E-state index is 0.0403. The van der Waals surface area contributed by atoms with Crippen molar-refractivity contribution in [1.29, 1.82) is 0 Å². The normalized spacial score (nSPS) is 46.5. The lowest BCUT2D eigenvalue weighted by Gasteiger charge is -2.49. The molecule has 1 amide bonds. The lowest BCUT2D eigenvalue weighted by molar-refractivity contribution is -0.139. The predicted octanol–water partition coefficient (Wildman–Crippen LogP) is 3.15. The van der Waals surface area contributed by atoms with Gasteiger partial charge in [-0.2, -0.15) is 0 Å². The van der Waals surface area contributed by atoms with E-state index in [1.807, 2.05) is 0 Å². The standard InChI is InChI=1S/C17H30N2O/c1-6-12-14(20)19(13(7-2)18-12)15-16(3,4)11-8-9-17(15,5)10-11/h11-13,15,18H,6-10H2,1-5H3. The van der Waals surface area contributed by atoms with Gasteiger partial charge in [-0.05, 0) is 48.9 Å². The van der Waals surface area contributed by atoms with Gasteiger partial charge in [-0.25, -0.2) is 0 Å². The van der Waals surface area contributed by atoms with Crippen molar-refractivity contribution >= 4 is 5.91 Å². The fraction of sp³-hybridized carbons (Fsp3) is 0.941. The Morgan fingerprint density at radius 1 is 1.25 bits per heavy atom. The first-order chi connectivity index (χ1) is 9.35. The zero-order valence-electron chi connectivity index (χ0n) is 13.7. The number of hydrogen-bond donors (Lipinski definition) is 1. The Labute approximate surface area is 123 Å². The van der Waals surface area contributed by atoms with E-state index in [4.69, 9.17) is 0 Å². The molecule has 3 aliphatic rings. The molecule has 0 aromatic heterocycles. The number of nitrogens with one attached hydrogen (secondary N) is 1. The highest BCUT2D eigenvalue weighted by atomic mass is 16.2. The molecule has 3 rings (SSSR count). The van der Waals surface area contributed by atoms with Crippen molar-refractivity contribution in [2.45, 2.75) is 85.0 Å². The molecule has 2 bridgehead atoms. The van der Waals surface area contributed by atoms with Gasteiger partial charge < -0.3 is 4.90 Å². The highest BCUT2D eigenvalue weighted by molar-refractivity contribution is 5.84. The summed E-state index contributed by atoms with van der Waals surface area (Å²) in [5.41, 5.74) is 0.599. The van der Waals surface area contributed by atoms with Gasteiger partial charge in [-0.1, -0.05) is 34.6 Å². The Balaban J connectivity index is 1.96. The number of amides is 1. The Morgan fingerprint density at radius 2 is 1.95 bits per heavy atom. The highest BCUT2D eigenvalue weighted by Crippen LogP contribution is 2.64. The third kappa shape index (κ3) is 1.71. The summed E-state index contributed by atoms with van der Waals surface area (Å²) in [6.45, 7) is 11.5. The second-order valence-corrected chi connectivity index (χ2v) is 8.11. The number of carbonyl (C=O) groups excluding carboxylic acids is 1. The third-order valence-corrected chi connectivity index (χ3v) is 6.55. The number of rotatable bonds is 3. The van der Waals surface area contributed by atoms with Crippen molar-refractivity contribution in [3.05, 3.63) is 0 Å². The van der Waals surface area contributed by atoms with E-state index >= 15 is 0 Å². The Hall–Kier alpha value is -0.570. The van der Waals surface area contributed by atoms with E-state index in [-0.39, 0.29) is 17.6 Å². The molecular formula is C17H30N2O. The van der Waals surface area contributed by atoms with Crippen LogP contribution in [0.3, 0.4) is 0 Å². The van der Waals surface area contributed by atoms with Gasteiger partial charge in [0.2, 0.25) is 5.91 Å². The summed E-state index contributed by atoms with van der Waals surface area (Å²) >= 11 is 0. The molecule has 0 radical (unpaired) electrons. The van der Waals surface area contributed by atoms with Crippen molar-refractivity contribution in [2.24, 2.45) is 16.7 Å². The summed E-state index contributed by atoms with van der Waals surface area (Å²) in [4.78, 5) is 15.1. The summed E-state index contributed by atoms with van der Waals surface area (Å²) < 4.78 is 0. The molecule has 20 heavy (non-hydrogen) atoms. The van der Waals surface area contributed by atoms with Gasteiger partial charge in [0.15, 0.2) is 0 Å². The first kappa shape index (κ1) is 14.4. The largest absolute Gasteiger partial charge is 0.322 e. The fourth-order valence-corrected chi connectivity index (χ4v) is 5.60. The molecule has 0 aromatic carbocycles. The zero-order chi connectivity index (χ0) is 14.7. The Morgan fingerprint density at radius 3 is 2.45 bits per heavy atom. The molecule has 1 saturated heterocycles. The highest BCUT2D eigenvalue weighted by Gasteiger charge is 2.63. The van der Waals surface area contributed by atoms with Crippen LogP contribution in [0.5, 0.6) is 0 Å². The molecule has 3 heteroatoms. The van der Waals surface area contributed by atoms with E-state index in [2.05, 4.69) is 44.8 Å². The van der Waals surface area contributed by atoms with Crippen LogP contribution in [0.2, 0.25) is 0 Å². The van der Waals surface area contributed by atoms with E-state index in [0.29, 0.717) is 17.4 Å². The lowest BCUT2D eigenvalue weighted by Crippen LogP contribution is -2.56. The van der Waals surface area contributed by atoms with Crippen LogP contribution in [0.15, 0.2) is 0 Å². The average Bonchev–Trinajstić information content (AvgIpc) is 2.98. The second kappa shape index (κ2) is 4.46. The quantitative estimate of drug-likeness (QED) is 0.860. The first-order valence-corrected chi connectivity index (χ1v) is 8.43. The second-order valence-electron chi connectivity index (χ2n) is 8.11. The average molecular weight is 278 g/mol. The molecule has 2 aliphatic carbocycles. The molecule has 1 heterocycles. The van der Waals surface area contributed by atoms with Gasteiger partial charge in [0.1, 0.15) is 0 Å². The molecule has 5 atom stereocenters. The maximum absolute atomic E-state index is 12.9. The molecule has 3 fully saturated rings. The van der Waals surface area contributed by atoms with Crippen molar-refractivity contribution in [3.8, 4) is 0 Å². The molecule has 1 N–H and O–H groups in total. The number of carbonyl (C=O) groups is 1. The summed E-state index contributed by atoms with van der Waals surface area (Å²) in [5, 5.41) is 3.56. The maximum Gasteiger partial charge on any atom is 0.241 e. The number of nitrogens with zero attached hydrogens (tertiary/aromatic N) is 1. The molecule has 114 valence electrons. The van der Waals surface area contributed by atoms with E-state index in [1.54, 1.807) is 0 Å². The van der Waals surface area contributed by atoms with Gasteiger partial charge in [0.05, 0.1) is 12.2 Å². The maximum atomic E-state index is 12.9. The van der Waals surface area contributed by atoms with E-state index < -0.39 is 0 Å². The van der Waals surface area contributed by atoms with Gasteiger partial charge in [-0.15, -0.1) is 0 Å². The molecule has 5 unspecified atom stereocenters. The van der Waals surface area contributed by atoms with Crippen LogP contribution < -0.4 is 5.32 Å². The summed E-state index contributed by atoms with van der Waals surface area (Å²) in [5.74, 6) is 1.15. The molecule has 1 aliphatic heterocycles. The van der Waals surface area contributed by atoms with Crippen molar-refractivity contribution in [3.63, 3.8) is 0 Å². The smallest absolute Gasteiger partial charge is 0.241 e. The van der Waals surface area contributed by atoms with Gasteiger partial charge in [-0.3, -0.25) is 10.1 Å². The molecular weight excluding hydrogens is 248 g/mol. The number of hydrogen-bond acceptors (Lipinski definition) is 2. The number of fused-ring (bicyclic) bond motifs is 2. The Bertz CT molecular complexity index is 414. The SMILES string of the molecule is CCC1NC(CC)N(C2C3(C)CCC(C3)C2(C)C)C1=O. The summed E-state index contributed by atoms with van der Waals surface area (Å²) in [6, 6.07) is 0.453. The zero-order valence-corrected chi connectivity index (χ0v) is 13.7. The molecule has 2 saturated carbocycles. The van der Waals surface area contributed by atoms with Gasteiger partial charge in [0.25, 0.3) is 0 Å². The fourth-order valence-electron chi connectivity index (χ4n) is 5.60. The summed E-state index contributed by atoms with van der Waals surface area (Å²) in [6.07, 6.45) is 6.11. The monoisotopic (exact) mass is 278 g/mol. The van der Waals surface area contributed by atoms with Crippen LogP contribution >= 0.6 is 0 Å². The minimum absolute atomic E-state index is 0.0403. The minimum Gasteiger partial charge on any atom is -0.322 e. The lowest BCUT2D eigenvalue weighted by atomic mass is 9.67. The molecule has 0 aromatic rings.